The Morgan fingerprint density at radius 2 is 2.00 bits per heavy atom. The van der Waals surface area contributed by atoms with Gasteiger partial charge in [-0.1, -0.05) is 13.8 Å². The van der Waals surface area contributed by atoms with E-state index < -0.39 is 11.7 Å². The standard InChI is InChI=1S/C12H13F3O2/c1-8(2)7-17-10-4-3-9(6-16)11(5-10)12(13,14)15/h3-6,8H,7H2,1-2H3. The predicted molar refractivity (Wildman–Crippen MR) is 57.2 cm³/mol. The van der Waals surface area contributed by atoms with Gasteiger partial charge in [0, 0.05) is 5.56 Å². The lowest BCUT2D eigenvalue weighted by Crippen LogP contribution is -2.10. The third-order valence-electron chi connectivity index (χ3n) is 2.04. The molecular weight excluding hydrogens is 233 g/mol. The van der Waals surface area contributed by atoms with E-state index in [4.69, 9.17) is 4.74 Å². The molecular formula is C12H13F3O2. The van der Waals surface area contributed by atoms with Gasteiger partial charge in [0.2, 0.25) is 0 Å². The summed E-state index contributed by atoms with van der Waals surface area (Å²) in [5.41, 5.74) is -1.34. The first-order valence-corrected chi connectivity index (χ1v) is 5.14. The zero-order valence-corrected chi connectivity index (χ0v) is 9.54. The molecule has 1 aromatic carbocycles. The van der Waals surface area contributed by atoms with Gasteiger partial charge >= 0.3 is 6.18 Å². The summed E-state index contributed by atoms with van der Waals surface area (Å²) in [5, 5.41) is 0. The van der Waals surface area contributed by atoms with E-state index in [0.29, 0.717) is 6.61 Å². The molecule has 0 bridgehead atoms. The lowest BCUT2D eigenvalue weighted by Gasteiger charge is -2.13. The normalized spacial score (nSPS) is 11.6. The van der Waals surface area contributed by atoms with Crippen LogP contribution >= 0.6 is 0 Å². The molecule has 2 nitrogen and oxygen atoms in total. The second kappa shape index (κ2) is 5.21. The highest BCUT2D eigenvalue weighted by atomic mass is 19.4. The number of alkyl halides is 3. The molecule has 5 heteroatoms. The Kier molecular flexibility index (Phi) is 4.15. The van der Waals surface area contributed by atoms with Gasteiger partial charge in [0.15, 0.2) is 6.29 Å². The highest BCUT2D eigenvalue weighted by Gasteiger charge is 2.33. The van der Waals surface area contributed by atoms with Crippen molar-refractivity contribution in [1.29, 1.82) is 0 Å². The molecule has 0 N–H and O–H groups in total. The highest BCUT2D eigenvalue weighted by Crippen LogP contribution is 2.33. The Hall–Kier alpha value is -1.52. The SMILES string of the molecule is CC(C)COc1ccc(C=O)c(C(F)(F)F)c1. The summed E-state index contributed by atoms with van der Waals surface area (Å²) in [6.07, 6.45) is -4.36. The molecule has 0 saturated carbocycles. The van der Waals surface area contributed by atoms with Crippen molar-refractivity contribution in [2.24, 2.45) is 5.92 Å². The molecule has 0 aliphatic rings. The number of aldehydes is 1. The number of carbonyl (C=O) groups excluding carboxylic acids is 1. The van der Waals surface area contributed by atoms with Gasteiger partial charge in [-0.2, -0.15) is 13.2 Å². The summed E-state index contributed by atoms with van der Waals surface area (Å²) in [4.78, 5) is 10.5. The van der Waals surface area contributed by atoms with Gasteiger partial charge in [0.25, 0.3) is 0 Å². The number of carbonyl (C=O) groups is 1. The molecule has 0 aliphatic heterocycles. The smallest absolute Gasteiger partial charge is 0.417 e. The molecule has 0 unspecified atom stereocenters. The van der Waals surface area contributed by atoms with Gasteiger partial charge in [-0.05, 0) is 24.1 Å². The third kappa shape index (κ3) is 3.76. The lowest BCUT2D eigenvalue weighted by atomic mass is 10.1. The van der Waals surface area contributed by atoms with Crippen molar-refractivity contribution in [3.8, 4) is 5.75 Å². The Morgan fingerprint density at radius 3 is 2.47 bits per heavy atom. The first-order valence-electron chi connectivity index (χ1n) is 5.14. The van der Waals surface area contributed by atoms with Crippen LogP contribution in [0.4, 0.5) is 13.2 Å². The highest BCUT2D eigenvalue weighted by molar-refractivity contribution is 5.78. The Balaban J connectivity index is 3.01. The van der Waals surface area contributed by atoms with Gasteiger partial charge in [-0.25, -0.2) is 0 Å². The van der Waals surface area contributed by atoms with Crippen molar-refractivity contribution >= 4 is 6.29 Å². The van der Waals surface area contributed by atoms with E-state index in [1.807, 2.05) is 13.8 Å². The van der Waals surface area contributed by atoms with Crippen LogP contribution in [0, 0.1) is 5.92 Å². The molecule has 0 atom stereocenters. The zero-order chi connectivity index (χ0) is 13.1. The van der Waals surface area contributed by atoms with Crippen molar-refractivity contribution in [2.45, 2.75) is 20.0 Å². The van der Waals surface area contributed by atoms with Crippen LogP contribution in [-0.4, -0.2) is 12.9 Å². The molecule has 1 rings (SSSR count). The van der Waals surface area contributed by atoms with Crippen molar-refractivity contribution < 1.29 is 22.7 Å². The van der Waals surface area contributed by atoms with E-state index in [1.54, 1.807) is 0 Å². The monoisotopic (exact) mass is 246 g/mol. The fraction of sp³-hybridized carbons (Fsp3) is 0.417. The van der Waals surface area contributed by atoms with Gasteiger partial charge in [-0.15, -0.1) is 0 Å². The molecule has 0 aromatic heterocycles. The lowest BCUT2D eigenvalue weighted by molar-refractivity contribution is -0.137. The van der Waals surface area contributed by atoms with Crippen LogP contribution in [0.15, 0.2) is 18.2 Å². The van der Waals surface area contributed by atoms with Crippen molar-refractivity contribution in [1.82, 2.24) is 0 Å². The summed E-state index contributed by atoms with van der Waals surface area (Å²) in [6, 6.07) is 3.33. The van der Waals surface area contributed by atoms with E-state index >= 15 is 0 Å². The first-order chi connectivity index (χ1) is 7.84. The number of hydrogen-bond donors (Lipinski definition) is 0. The molecule has 0 radical (unpaired) electrons. The van der Waals surface area contributed by atoms with Crippen LogP contribution in [0.25, 0.3) is 0 Å². The molecule has 0 fully saturated rings. The van der Waals surface area contributed by atoms with E-state index in [0.717, 1.165) is 12.1 Å². The minimum absolute atomic E-state index is 0.122. The summed E-state index contributed by atoms with van der Waals surface area (Å²) >= 11 is 0. The molecule has 0 amide bonds. The third-order valence-corrected chi connectivity index (χ3v) is 2.04. The van der Waals surface area contributed by atoms with Crippen LogP contribution in [-0.2, 0) is 6.18 Å². The fourth-order valence-electron chi connectivity index (χ4n) is 1.24. The Bertz CT molecular complexity index is 397. The average Bonchev–Trinajstić information content (AvgIpc) is 2.24. The largest absolute Gasteiger partial charge is 0.493 e. The van der Waals surface area contributed by atoms with E-state index in [9.17, 15) is 18.0 Å². The van der Waals surface area contributed by atoms with E-state index in [1.165, 1.54) is 6.07 Å². The molecule has 17 heavy (non-hydrogen) atoms. The maximum atomic E-state index is 12.6. The fourth-order valence-corrected chi connectivity index (χ4v) is 1.24. The second-order valence-electron chi connectivity index (χ2n) is 4.07. The van der Waals surface area contributed by atoms with Crippen LogP contribution in [0.2, 0.25) is 0 Å². The number of hydrogen-bond acceptors (Lipinski definition) is 2. The van der Waals surface area contributed by atoms with E-state index in [2.05, 4.69) is 0 Å². The van der Waals surface area contributed by atoms with Crippen LogP contribution in [0.5, 0.6) is 5.75 Å². The van der Waals surface area contributed by atoms with Crippen molar-refractivity contribution in [3.63, 3.8) is 0 Å². The van der Waals surface area contributed by atoms with Crippen LogP contribution in [0.1, 0.15) is 29.8 Å². The minimum Gasteiger partial charge on any atom is -0.493 e. The summed E-state index contributed by atoms with van der Waals surface area (Å²) in [6.45, 7) is 4.12. The Labute approximate surface area is 97.4 Å². The maximum Gasteiger partial charge on any atom is 0.417 e. The average molecular weight is 246 g/mol. The first kappa shape index (κ1) is 13.5. The summed E-state index contributed by atoms with van der Waals surface area (Å²) in [5.74, 6) is 0.340. The van der Waals surface area contributed by atoms with Crippen LogP contribution < -0.4 is 4.74 Å². The van der Waals surface area contributed by atoms with Gasteiger partial charge < -0.3 is 4.74 Å². The predicted octanol–water partition coefficient (Wildman–Crippen LogP) is 3.55. The molecule has 0 heterocycles. The van der Waals surface area contributed by atoms with Crippen molar-refractivity contribution in [3.05, 3.63) is 29.3 Å². The topological polar surface area (TPSA) is 26.3 Å². The molecule has 0 aliphatic carbocycles. The van der Waals surface area contributed by atoms with E-state index in [-0.39, 0.29) is 23.5 Å². The maximum absolute atomic E-state index is 12.6. The van der Waals surface area contributed by atoms with Crippen molar-refractivity contribution in [2.75, 3.05) is 6.61 Å². The number of halogens is 3. The Morgan fingerprint density at radius 1 is 1.35 bits per heavy atom. The van der Waals surface area contributed by atoms with Gasteiger partial charge in [0.1, 0.15) is 5.75 Å². The molecule has 0 saturated heterocycles. The molecule has 0 spiro atoms. The number of ether oxygens (including phenoxy) is 1. The number of benzene rings is 1. The van der Waals surface area contributed by atoms with Gasteiger partial charge in [0.05, 0.1) is 12.2 Å². The van der Waals surface area contributed by atoms with Gasteiger partial charge in [-0.3, -0.25) is 4.79 Å². The second-order valence-corrected chi connectivity index (χ2v) is 4.07. The zero-order valence-electron chi connectivity index (χ0n) is 9.54. The minimum atomic E-state index is -4.55. The molecule has 94 valence electrons. The quantitative estimate of drug-likeness (QED) is 0.759. The van der Waals surface area contributed by atoms with Crippen LogP contribution in [0.3, 0.4) is 0 Å². The summed E-state index contributed by atoms with van der Waals surface area (Å²) < 4.78 is 43.0. The molecule has 1 aromatic rings. The summed E-state index contributed by atoms with van der Waals surface area (Å²) in [7, 11) is 0. The number of rotatable bonds is 4.